The molecule has 1 aromatic heterocycles. The molecule has 1 N–H and O–H groups in total. The van der Waals surface area contributed by atoms with Crippen molar-refractivity contribution in [1.29, 1.82) is 0 Å². The van der Waals surface area contributed by atoms with Gasteiger partial charge in [-0.15, -0.1) is 11.3 Å². The summed E-state index contributed by atoms with van der Waals surface area (Å²) in [6.07, 6.45) is 3.80. The molecule has 0 amide bonds. The van der Waals surface area contributed by atoms with Gasteiger partial charge in [0.05, 0.1) is 0 Å². The van der Waals surface area contributed by atoms with Gasteiger partial charge in [0.15, 0.2) is 0 Å². The van der Waals surface area contributed by atoms with E-state index in [4.69, 9.17) is 0 Å². The van der Waals surface area contributed by atoms with Crippen LogP contribution in [-0.2, 0) is 0 Å². The molecule has 0 bridgehead atoms. The Hall–Kier alpha value is -0.380. The molecule has 0 saturated carbocycles. The quantitative estimate of drug-likeness (QED) is 0.875. The van der Waals surface area contributed by atoms with Crippen molar-refractivity contribution < 1.29 is 0 Å². The van der Waals surface area contributed by atoms with E-state index in [0.29, 0.717) is 12.1 Å². The first kappa shape index (κ1) is 14.0. The average molecular weight is 266 g/mol. The van der Waals surface area contributed by atoms with Gasteiger partial charge in [0.2, 0.25) is 0 Å². The molecule has 0 spiro atoms. The van der Waals surface area contributed by atoms with Crippen molar-refractivity contribution in [2.24, 2.45) is 0 Å². The molecule has 0 aromatic carbocycles. The highest BCUT2D eigenvalue weighted by Crippen LogP contribution is 2.33. The molecule has 0 aliphatic carbocycles. The summed E-state index contributed by atoms with van der Waals surface area (Å²) in [6, 6.07) is 6.51. The molecule has 1 fully saturated rings. The normalized spacial score (nSPS) is 27.3. The molecular weight excluding hydrogens is 240 g/mol. The molecular formula is C15H26N2S. The largest absolute Gasteiger partial charge is 0.314 e. The van der Waals surface area contributed by atoms with E-state index in [0.717, 1.165) is 12.6 Å². The van der Waals surface area contributed by atoms with Crippen LogP contribution in [0, 0.1) is 0 Å². The van der Waals surface area contributed by atoms with Crippen molar-refractivity contribution in [3.05, 3.63) is 22.4 Å². The predicted molar refractivity (Wildman–Crippen MR) is 80.2 cm³/mol. The molecule has 1 aromatic rings. The van der Waals surface area contributed by atoms with Crippen molar-refractivity contribution >= 4 is 11.3 Å². The second-order valence-electron chi connectivity index (χ2n) is 5.31. The van der Waals surface area contributed by atoms with E-state index in [1.807, 2.05) is 11.3 Å². The van der Waals surface area contributed by atoms with Crippen LogP contribution in [0.4, 0.5) is 0 Å². The predicted octanol–water partition coefficient (Wildman–Crippen LogP) is 3.66. The Bertz CT molecular complexity index is 336. The molecule has 1 aliphatic heterocycles. The lowest BCUT2D eigenvalue weighted by Crippen LogP contribution is -2.48. The molecule has 3 atom stereocenters. The zero-order valence-electron chi connectivity index (χ0n) is 11.9. The number of piperidine rings is 1. The summed E-state index contributed by atoms with van der Waals surface area (Å²) in [4.78, 5) is 4.24. The van der Waals surface area contributed by atoms with Crippen LogP contribution >= 0.6 is 11.3 Å². The minimum absolute atomic E-state index is 0.627. The van der Waals surface area contributed by atoms with Gasteiger partial charge in [0.1, 0.15) is 0 Å². The highest BCUT2D eigenvalue weighted by Gasteiger charge is 2.30. The summed E-state index contributed by atoms with van der Waals surface area (Å²) >= 11 is 1.91. The van der Waals surface area contributed by atoms with Crippen molar-refractivity contribution in [3.63, 3.8) is 0 Å². The van der Waals surface area contributed by atoms with Crippen molar-refractivity contribution in [2.45, 2.75) is 58.2 Å². The van der Waals surface area contributed by atoms with Gasteiger partial charge in [0, 0.05) is 29.5 Å². The summed E-state index contributed by atoms with van der Waals surface area (Å²) in [6.45, 7) is 9.24. The third-order valence-electron chi connectivity index (χ3n) is 4.08. The number of hydrogen-bond acceptors (Lipinski definition) is 3. The number of nitrogens with one attached hydrogen (secondary N) is 1. The lowest BCUT2D eigenvalue weighted by atomic mass is 9.95. The molecule has 1 saturated heterocycles. The molecule has 3 heteroatoms. The molecule has 2 rings (SSSR count). The highest BCUT2D eigenvalue weighted by molar-refractivity contribution is 7.10. The monoisotopic (exact) mass is 266 g/mol. The topological polar surface area (TPSA) is 15.3 Å². The van der Waals surface area contributed by atoms with Gasteiger partial charge < -0.3 is 5.32 Å². The van der Waals surface area contributed by atoms with Gasteiger partial charge in [-0.05, 0) is 44.2 Å². The summed E-state index contributed by atoms with van der Waals surface area (Å²) in [7, 11) is 0. The van der Waals surface area contributed by atoms with Gasteiger partial charge in [0.25, 0.3) is 0 Å². The van der Waals surface area contributed by atoms with E-state index >= 15 is 0 Å². The van der Waals surface area contributed by atoms with E-state index in [1.165, 1.54) is 30.7 Å². The Labute approximate surface area is 115 Å². The fraction of sp³-hybridized carbons (Fsp3) is 0.733. The SMILES string of the molecule is CCNC1CCN(C(CC)c2cccs2)C(C)C1. The number of hydrogen-bond donors (Lipinski definition) is 1. The van der Waals surface area contributed by atoms with Crippen LogP contribution < -0.4 is 5.32 Å². The van der Waals surface area contributed by atoms with Crippen LogP contribution in [0.1, 0.15) is 51.0 Å². The third kappa shape index (κ3) is 3.14. The summed E-state index contributed by atoms with van der Waals surface area (Å²) in [5.74, 6) is 0. The van der Waals surface area contributed by atoms with E-state index < -0.39 is 0 Å². The third-order valence-corrected chi connectivity index (χ3v) is 5.05. The first-order chi connectivity index (χ1) is 8.76. The minimum Gasteiger partial charge on any atom is -0.314 e. The second-order valence-corrected chi connectivity index (χ2v) is 6.28. The molecule has 2 nitrogen and oxygen atoms in total. The van der Waals surface area contributed by atoms with Gasteiger partial charge in [-0.3, -0.25) is 4.90 Å². The molecule has 1 aliphatic rings. The van der Waals surface area contributed by atoms with Crippen molar-refractivity contribution in [2.75, 3.05) is 13.1 Å². The number of rotatable bonds is 5. The van der Waals surface area contributed by atoms with Crippen LogP contribution in [0.15, 0.2) is 17.5 Å². The molecule has 18 heavy (non-hydrogen) atoms. The zero-order chi connectivity index (χ0) is 13.0. The average Bonchev–Trinajstić information content (AvgIpc) is 2.87. The fourth-order valence-electron chi connectivity index (χ4n) is 3.21. The number of likely N-dealkylation sites (tertiary alicyclic amines) is 1. The van der Waals surface area contributed by atoms with Crippen molar-refractivity contribution in [3.8, 4) is 0 Å². The lowest BCUT2D eigenvalue weighted by molar-refractivity contribution is 0.0870. The summed E-state index contributed by atoms with van der Waals surface area (Å²) in [5, 5.41) is 5.81. The van der Waals surface area contributed by atoms with Gasteiger partial charge in [-0.2, -0.15) is 0 Å². The smallest absolute Gasteiger partial charge is 0.0441 e. The lowest BCUT2D eigenvalue weighted by Gasteiger charge is -2.42. The Morgan fingerprint density at radius 1 is 1.50 bits per heavy atom. The number of nitrogens with zero attached hydrogens (tertiary/aromatic N) is 1. The Balaban J connectivity index is 2.00. The van der Waals surface area contributed by atoms with Crippen LogP contribution in [0.5, 0.6) is 0 Å². The Morgan fingerprint density at radius 3 is 2.89 bits per heavy atom. The zero-order valence-corrected chi connectivity index (χ0v) is 12.7. The van der Waals surface area contributed by atoms with Crippen LogP contribution in [-0.4, -0.2) is 30.1 Å². The maximum absolute atomic E-state index is 3.60. The second kappa shape index (κ2) is 6.69. The molecule has 2 heterocycles. The fourth-order valence-corrected chi connectivity index (χ4v) is 4.14. The van der Waals surface area contributed by atoms with Gasteiger partial charge >= 0.3 is 0 Å². The van der Waals surface area contributed by atoms with Crippen molar-refractivity contribution in [1.82, 2.24) is 10.2 Å². The standard InChI is InChI=1S/C15H26N2S/c1-4-14(15-7-6-10-18-15)17-9-8-13(16-5-2)11-12(17)3/h6-7,10,12-14,16H,4-5,8-9,11H2,1-3H3. The summed E-state index contributed by atoms with van der Waals surface area (Å²) < 4.78 is 0. The van der Waals surface area contributed by atoms with Gasteiger partial charge in [-0.25, -0.2) is 0 Å². The Kier molecular flexibility index (Phi) is 5.22. The molecule has 0 radical (unpaired) electrons. The van der Waals surface area contributed by atoms with E-state index in [2.05, 4.69) is 48.5 Å². The van der Waals surface area contributed by atoms with Crippen LogP contribution in [0.25, 0.3) is 0 Å². The maximum Gasteiger partial charge on any atom is 0.0441 e. The highest BCUT2D eigenvalue weighted by atomic mass is 32.1. The summed E-state index contributed by atoms with van der Waals surface area (Å²) in [5.41, 5.74) is 0. The van der Waals surface area contributed by atoms with Gasteiger partial charge in [-0.1, -0.05) is 19.9 Å². The Morgan fingerprint density at radius 2 is 2.33 bits per heavy atom. The molecule has 3 unspecified atom stereocenters. The minimum atomic E-state index is 0.627. The number of thiophene rings is 1. The maximum atomic E-state index is 3.60. The molecule has 102 valence electrons. The first-order valence-electron chi connectivity index (χ1n) is 7.28. The van der Waals surface area contributed by atoms with Crippen LogP contribution in [0.3, 0.4) is 0 Å². The first-order valence-corrected chi connectivity index (χ1v) is 8.16. The van der Waals surface area contributed by atoms with E-state index in [-0.39, 0.29) is 0 Å². The van der Waals surface area contributed by atoms with E-state index in [1.54, 1.807) is 0 Å². The van der Waals surface area contributed by atoms with Crippen LogP contribution in [0.2, 0.25) is 0 Å². The van der Waals surface area contributed by atoms with E-state index in [9.17, 15) is 0 Å².